The molecule has 0 spiro atoms. The number of hydroxylamine groups is 1. The van der Waals surface area contributed by atoms with Crippen LogP contribution in [0.3, 0.4) is 0 Å². The lowest BCUT2D eigenvalue weighted by Gasteiger charge is -2.23. The Morgan fingerprint density at radius 1 is 1.30 bits per heavy atom. The highest BCUT2D eigenvalue weighted by Crippen LogP contribution is 2.20. The van der Waals surface area contributed by atoms with Gasteiger partial charge in [0.05, 0.1) is 18.0 Å². The number of hydrogen-bond acceptors (Lipinski definition) is 5. The second-order valence-corrected chi connectivity index (χ2v) is 7.48. The van der Waals surface area contributed by atoms with Crippen molar-refractivity contribution in [1.82, 2.24) is 9.79 Å². The quantitative estimate of drug-likeness (QED) is 0.524. The van der Waals surface area contributed by atoms with Crippen LogP contribution in [-0.2, 0) is 14.8 Å². The van der Waals surface area contributed by atoms with Gasteiger partial charge in [0.15, 0.2) is 0 Å². The van der Waals surface area contributed by atoms with E-state index in [9.17, 15) is 13.2 Å². The largest absolute Gasteiger partial charge is 0.494 e. The monoisotopic (exact) mass is 344 g/mol. The number of hydrogen-bond donors (Lipinski definition) is 2. The zero-order chi connectivity index (χ0) is 17.5. The van der Waals surface area contributed by atoms with Crippen LogP contribution in [-0.4, -0.2) is 43.5 Å². The number of nitrogens with zero attached hydrogens (tertiary/aromatic N) is 1. The number of nitrogens with one attached hydrogen (secondary N) is 1. The average molecular weight is 344 g/mol. The molecule has 1 aromatic carbocycles. The Labute approximate surface area is 137 Å². The van der Waals surface area contributed by atoms with Crippen LogP contribution in [0.5, 0.6) is 5.75 Å². The fourth-order valence-electron chi connectivity index (χ4n) is 1.93. The fraction of sp³-hybridized carbons (Fsp3) is 0.533. The fourth-order valence-corrected chi connectivity index (χ4v) is 3.49. The molecule has 2 N–H and O–H groups in total. The summed E-state index contributed by atoms with van der Waals surface area (Å²) in [6, 6.07) is 6.07. The summed E-state index contributed by atoms with van der Waals surface area (Å²) in [5.41, 5.74) is 1.46. The Morgan fingerprint density at radius 3 is 2.39 bits per heavy atom. The second-order valence-electron chi connectivity index (χ2n) is 5.55. The van der Waals surface area contributed by atoms with Gasteiger partial charge < -0.3 is 4.74 Å². The highest BCUT2D eigenvalue weighted by Gasteiger charge is 2.27. The lowest BCUT2D eigenvalue weighted by molar-refractivity contribution is -0.129. The van der Waals surface area contributed by atoms with E-state index >= 15 is 0 Å². The van der Waals surface area contributed by atoms with E-state index in [0.717, 1.165) is 10.7 Å². The topological polar surface area (TPSA) is 95.9 Å². The van der Waals surface area contributed by atoms with E-state index in [-0.39, 0.29) is 17.4 Å². The van der Waals surface area contributed by atoms with Gasteiger partial charge in [0.2, 0.25) is 10.0 Å². The highest BCUT2D eigenvalue weighted by atomic mass is 32.2. The van der Waals surface area contributed by atoms with Gasteiger partial charge in [0, 0.05) is 6.54 Å². The predicted molar refractivity (Wildman–Crippen MR) is 85.8 cm³/mol. The average Bonchev–Trinajstić information content (AvgIpc) is 2.52. The van der Waals surface area contributed by atoms with E-state index in [1.165, 1.54) is 17.6 Å². The second kappa shape index (κ2) is 8.85. The van der Waals surface area contributed by atoms with E-state index in [1.807, 2.05) is 20.8 Å². The third-order valence-electron chi connectivity index (χ3n) is 2.95. The molecule has 0 atom stereocenters. The molecule has 23 heavy (non-hydrogen) atoms. The van der Waals surface area contributed by atoms with Gasteiger partial charge in [-0.05, 0) is 36.6 Å². The van der Waals surface area contributed by atoms with Gasteiger partial charge in [-0.2, -0.15) is 4.31 Å². The van der Waals surface area contributed by atoms with Gasteiger partial charge in [0.25, 0.3) is 5.91 Å². The van der Waals surface area contributed by atoms with E-state index in [0.29, 0.717) is 12.4 Å². The number of benzene rings is 1. The summed E-state index contributed by atoms with van der Waals surface area (Å²) in [7, 11) is -3.83. The summed E-state index contributed by atoms with van der Waals surface area (Å²) in [4.78, 5) is 11.4. The van der Waals surface area contributed by atoms with Crippen LogP contribution in [0.15, 0.2) is 29.2 Å². The van der Waals surface area contributed by atoms with Crippen molar-refractivity contribution >= 4 is 15.9 Å². The molecule has 0 aromatic heterocycles. The molecule has 0 aliphatic carbocycles. The molecule has 8 heteroatoms. The van der Waals surface area contributed by atoms with Crippen molar-refractivity contribution in [2.45, 2.75) is 32.1 Å². The van der Waals surface area contributed by atoms with Crippen LogP contribution in [0.4, 0.5) is 0 Å². The van der Waals surface area contributed by atoms with Gasteiger partial charge in [-0.3, -0.25) is 10.0 Å². The van der Waals surface area contributed by atoms with Gasteiger partial charge in [-0.15, -0.1) is 0 Å². The van der Waals surface area contributed by atoms with Gasteiger partial charge in [-0.1, -0.05) is 20.8 Å². The van der Waals surface area contributed by atoms with Crippen molar-refractivity contribution in [3.63, 3.8) is 0 Å². The molecule has 0 saturated heterocycles. The van der Waals surface area contributed by atoms with Crippen molar-refractivity contribution in [2.75, 3.05) is 19.7 Å². The minimum absolute atomic E-state index is 0.0310. The van der Waals surface area contributed by atoms with Crippen molar-refractivity contribution in [1.29, 1.82) is 0 Å². The molecule has 0 aliphatic heterocycles. The van der Waals surface area contributed by atoms with E-state index < -0.39 is 22.5 Å². The molecule has 0 radical (unpaired) electrons. The number of ether oxygens (including phenoxy) is 1. The zero-order valence-electron chi connectivity index (χ0n) is 13.7. The number of sulfonamides is 1. The Kier molecular flexibility index (Phi) is 7.47. The third kappa shape index (κ3) is 5.81. The van der Waals surface area contributed by atoms with Crippen molar-refractivity contribution in [2.24, 2.45) is 5.92 Å². The smallest absolute Gasteiger partial charge is 0.258 e. The first-order valence-electron chi connectivity index (χ1n) is 7.47. The van der Waals surface area contributed by atoms with Crippen molar-refractivity contribution < 1.29 is 23.2 Å². The van der Waals surface area contributed by atoms with Crippen LogP contribution < -0.4 is 10.2 Å². The molecular formula is C15H24N2O5S. The lowest BCUT2D eigenvalue weighted by Crippen LogP contribution is -2.41. The minimum Gasteiger partial charge on any atom is -0.494 e. The Morgan fingerprint density at radius 2 is 1.91 bits per heavy atom. The maximum Gasteiger partial charge on any atom is 0.258 e. The van der Waals surface area contributed by atoms with Crippen molar-refractivity contribution in [3.05, 3.63) is 24.3 Å². The molecule has 0 saturated carbocycles. The summed E-state index contributed by atoms with van der Waals surface area (Å²) in [6.07, 6.45) is 0.860. The number of carbonyl (C=O) groups is 1. The SMILES string of the molecule is CCCOc1ccc(S(=O)(=O)N(CC(=O)NO)CC(C)C)cc1. The summed E-state index contributed by atoms with van der Waals surface area (Å²) in [6.45, 7) is 5.97. The number of carbonyl (C=O) groups excluding carboxylic acids is 1. The Hall–Kier alpha value is -1.64. The molecule has 0 bridgehead atoms. The van der Waals surface area contributed by atoms with Gasteiger partial charge in [0.1, 0.15) is 5.75 Å². The van der Waals surface area contributed by atoms with Crippen molar-refractivity contribution in [3.8, 4) is 5.75 Å². The van der Waals surface area contributed by atoms with E-state index in [2.05, 4.69) is 0 Å². The van der Waals surface area contributed by atoms with Crippen LogP contribution in [0, 0.1) is 5.92 Å². The number of amides is 1. The summed E-state index contributed by atoms with van der Waals surface area (Å²) in [5.74, 6) is -0.158. The molecule has 0 fully saturated rings. The first-order chi connectivity index (χ1) is 10.8. The van der Waals surface area contributed by atoms with Crippen LogP contribution >= 0.6 is 0 Å². The standard InChI is InChI=1S/C15H24N2O5S/c1-4-9-22-13-5-7-14(8-6-13)23(20,21)17(10-12(2)3)11-15(18)16-19/h5-8,12,19H,4,9-11H2,1-3H3,(H,16,18). The molecule has 7 nitrogen and oxygen atoms in total. The molecule has 1 aromatic rings. The summed E-state index contributed by atoms with van der Waals surface area (Å²) >= 11 is 0. The van der Waals surface area contributed by atoms with Crippen LogP contribution in [0.25, 0.3) is 0 Å². The molecule has 0 unspecified atom stereocenters. The predicted octanol–water partition coefficient (Wildman–Crippen LogP) is 1.63. The van der Waals surface area contributed by atoms with Gasteiger partial charge in [-0.25, -0.2) is 13.9 Å². The number of rotatable bonds is 9. The third-order valence-corrected chi connectivity index (χ3v) is 4.77. The normalized spacial score (nSPS) is 11.7. The van der Waals surface area contributed by atoms with Gasteiger partial charge >= 0.3 is 0 Å². The maximum atomic E-state index is 12.7. The highest BCUT2D eigenvalue weighted by molar-refractivity contribution is 7.89. The minimum atomic E-state index is -3.83. The summed E-state index contributed by atoms with van der Waals surface area (Å²) in [5, 5.41) is 8.64. The van der Waals surface area contributed by atoms with Crippen LogP contribution in [0.2, 0.25) is 0 Å². The maximum absolute atomic E-state index is 12.7. The van der Waals surface area contributed by atoms with Crippen LogP contribution in [0.1, 0.15) is 27.2 Å². The van der Waals surface area contributed by atoms with E-state index in [4.69, 9.17) is 9.94 Å². The Balaban J connectivity index is 3.01. The first kappa shape index (κ1) is 19.4. The lowest BCUT2D eigenvalue weighted by atomic mass is 10.2. The molecule has 1 amide bonds. The molecular weight excluding hydrogens is 320 g/mol. The van der Waals surface area contributed by atoms with E-state index in [1.54, 1.807) is 12.1 Å². The zero-order valence-corrected chi connectivity index (χ0v) is 14.5. The summed E-state index contributed by atoms with van der Waals surface area (Å²) < 4.78 is 31.8. The molecule has 0 heterocycles. The Bertz CT molecular complexity index is 599. The molecule has 1 rings (SSSR count). The first-order valence-corrected chi connectivity index (χ1v) is 8.91. The molecule has 0 aliphatic rings. The molecule has 130 valence electrons.